The summed E-state index contributed by atoms with van der Waals surface area (Å²) in [5.74, 6) is -4.81. The molecule has 0 radical (unpaired) electrons. The lowest BCUT2D eigenvalue weighted by molar-refractivity contribution is -0.364. The van der Waals surface area contributed by atoms with Gasteiger partial charge in [0, 0.05) is 90.4 Å². The van der Waals surface area contributed by atoms with Crippen LogP contribution in [0.15, 0.2) is 0 Å². The Morgan fingerprint density at radius 3 is 1.11 bits per heavy atom. The first-order valence-electron chi connectivity index (χ1n) is 15.4. The molecule has 3 fully saturated rings. The van der Waals surface area contributed by atoms with E-state index in [0.29, 0.717) is 0 Å². The van der Waals surface area contributed by atoms with Gasteiger partial charge in [0.25, 0.3) is 0 Å². The summed E-state index contributed by atoms with van der Waals surface area (Å²) in [6.45, 7) is -2.62. The van der Waals surface area contributed by atoms with Crippen molar-refractivity contribution in [1.29, 1.82) is 0 Å². The summed E-state index contributed by atoms with van der Waals surface area (Å²) in [7, 11) is 5.85. The van der Waals surface area contributed by atoms with E-state index in [1.807, 2.05) is 0 Å². The minimum absolute atomic E-state index is 0.0169. The molecule has 3 aliphatic heterocycles. The Morgan fingerprint density at radius 2 is 0.733 bits per heavy atom. The molecule has 3 aliphatic rings. The van der Waals surface area contributed by atoms with Gasteiger partial charge in [0.15, 0.2) is 18.9 Å². The first-order chi connectivity index (χ1) is 21.9. The number of ether oxygens (including phenoxy) is 9. The van der Waals surface area contributed by atoms with Gasteiger partial charge in [0.2, 0.25) is 0 Å². The molecule has 16 nitrogen and oxygen atoms in total. The number of aliphatic hydroxyl groups is 7. The zero-order valence-corrected chi connectivity index (χ0v) is 26.5. The van der Waals surface area contributed by atoms with Crippen molar-refractivity contribution in [3.8, 4) is 0 Å². The van der Waals surface area contributed by atoms with Gasteiger partial charge in [0.1, 0.15) is 12.2 Å². The Morgan fingerprint density at radius 1 is 0.400 bits per heavy atom. The van der Waals surface area contributed by atoms with E-state index in [0.717, 1.165) is 0 Å². The summed E-state index contributed by atoms with van der Waals surface area (Å²) in [5, 5.41) is 72.3. The van der Waals surface area contributed by atoms with Crippen LogP contribution in [0.4, 0.5) is 0 Å². The van der Waals surface area contributed by atoms with E-state index in [2.05, 4.69) is 0 Å². The number of aliphatic hydroxyl groups excluding tert-OH is 7. The molecule has 15 atom stereocenters. The molecule has 0 aromatic carbocycles. The van der Waals surface area contributed by atoms with Gasteiger partial charge >= 0.3 is 0 Å². The summed E-state index contributed by atoms with van der Waals surface area (Å²) in [4.78, 5) is 0. The van der Waals surface area contributed by atoms with E-state index in [4.69, 9.17) is 42.6 Å². The predicted octanol–water partition coefficient (Wildman–Crippen LogP) is -3.22. The van der Waals surface area contributed by atoms with Crippen LogP contribution in [0.2, 0.25) is 0 Å². The van der Waals surface area contributed by atoms with E-state index in [1.54, 1.807) is 0 Å². The number of rotatable bonds is 18. The minimum atomic E-state index is -1.14. The van der Waals surface area contributed by atoms with Gasteiger partial charge in [-0.3, -0.25) is 0 Å². The van der Waals surface area contributed by atoms with Crippen LogP contribution in [-0.4, -0.2) is 180 Å². The zero-order chi connectivity index (χ0) is 33.1. The third-order valence-corrected chi connectivity index (χ3v) is 9.51. The Balaban J connectivity index is 1.92. The topological polar surface area (TPSA) is 225 Å². The van der Waals surface area contributed by atoms with Crippen LogP contribution in [0.25, 0.3) is 0 Å². The highest BCUT2D eigenvalue weighted by molar-refractivity contribution is 4.96. The molecule has 0 bridgehead atoms. The quantitative estimate of drug-likeness (QED) is 0.0769. The van der Waals surface area contributed by atoms with Gasteiger partial charge < -0.3 is 78.4 Å². The van der Waals surface area contributed by atoms with E-state index < -0.39 is 111 Å². The minimum Gasteiger partial charge on any atom is -0.396 e. The molecule has 3 heterocycles. The van der Waals surface area contributed by atoms with Gasteiger partial charge in [-0.25, -0.2) is 0 Å². The van der Waals surface area contributed by atoms with Gasteiger partial charge in [0.05, 0.1) is 58.0 Å². The molecule has 45 heavy (non-hydrogen) atoms. The molecule has 0 aliphatic carbocycles. The van der Waals surface area contributed by atoms with Crippen molar-refractivity contribution in [2.24, 2.45) is 41.4 Å². The van der Waals surface area contributed by atoms with Crippen LogP contribution in [0.3, 0.4) is 0 Å². The van der Waals surface area contributed by atoms with Gasteiger partial charge in [-0.15, -0.1) is 0 Å². The van der Waals surface area contributed by atoms with E-state index in [1.165, 1.54) is 28.4 Å². The van der Waals surface area contributed by atoms with E-state index in [9.17, 15) is 35.7 Å². The highest BCUT2D eigenvalue weighted by atomic mass is 16.7. The molecule has 266 valence electrons. The summed E-state index contributed by atoms with van der Waals surface area (Å²) < 4.78 is 52.9. The van der Waals surface area contributed by atoms with Crippen LogP contribution in [-0.2, 0) is 42.6 Å². The zero-order valence-electron chi connectivity index (χ0n) is 26.5. The number of hydrogen-bond donors (Lipinski definition) is 7. The lowest BCUT2D eigenvalue weighted by Gasteiger charge is -2.51. The fourth-order valence-corrected chi connectivity index (χ4v) is 7.09. The molecule has 0 spiro atoms. The SMILES string of the molecule is COCC1O[C@H](O[C@@H]2C(COC)O[C@H](O[C@@H]3C(COC)OC(OC)C(CO)[C@H]3CO)C(CO)[C@H]2CO)C(CO)[C@@H](CO)[C@@H]1CO. The van der Waals surface area contributed by atoms with Crippen molar-refractivity contribution in [2.45, 2.75) is 49.4 Å². The Kier molecular flexibility index (Phi) is 16.7. The highest BCUT2D eigenvalue weighted by Gasteiger charge is 2.54. The van der Waals surface area contributed by atoms with Gasteiger partial charge in [-0.2, -0.15) is 0 Å². The lowest BCUT2D eigenvalue weighted by atomic mass is 9.76. The molecule has 16 heteroatoms. The summed E-state index contributed by atoms with van der Waals surface area (Å²) in [6, 6.07) is 0. The Labute approximate surface area is 264 Å². The van der Waals surface area contributed by atoms with Crippen molar-refractivity contribution in [3.63, 3.8) is 0 Å². The van der Waals surface area contributed by atoms with Crippen LogP contribution in [0.1, 0.15) is 0 Å². The fraction of sp³-hybridized carbons (Fsp3) is 1.00. The van der Waals surface area contributed by atoms with Crippen LogP contribution in [0, 0.1) is 41.4 Å². The third-order valence-electron chi connectivity index (χ3n) is 9.51. The highest BCUT2D eigenvalue weighted by Crippen LogP contribution is 2.42. The van der Waals surface area contributed by atoms with Gasteiger partial charge in [-0.05, 0) is 5.92 Å². The molecule has 3 saturated heterocycles. The number of hydrogen-bond acceptors (Lipinski definition) is 16. The second-order valence-electron chi connectivity index (χ2n) is 11.9. The molecule has 0 saturated carbocycles. The maximum Gasteiger partial charge on any atom is 0.164 e. The predicted molar refractivity (Wildman–Crippen MR) is 152 cm³/mol. The van der Waals surface area contributed by atoms with Crippen molar-refractivity contribution in [1.82, 2.24) is 0 Å². The molecular formula is C29H54O16. The summed E-state index contributed by atoms with van der Waals surface area (Å²) in [5.41, 5.74) is 0. The second kappa shape index (κ2) is 19.4. The monoisotopic (exact) mass is 658 g/mol. The second-order valence-corrected chi connectivity index (χ2v) is 11.9. The average molecular weight is 659 g/mol. The molecule has 0 aromatic rings. The Bertz CT molecular complexity index is 810. The standard InChI is InChI=1S/C29H54O16/c1-37-12-22-16(6-31)15(5-30)19(9-34)28(41-22)44-26-18(8-33)21(11-36)29(43-24(26)14-39-3)45-25-17(7-32)20(10-35)27(40-4)42-23(25)13-38-2/h15-36H,5-14H2,1-4H3/t15-,16-,17+,18+,19?,20?,21?,22?,23?,24?,25-,26-,27?,28+,29+/m0/s1. The smallest absolute Gasteiger partial charge is 0.164 e. The Hall–Kier alpha value is -0.640. The van der Waals surface area contributed by atoms with Crippen LogP contribution >= 0.6 is 0 Å². The normalized spacial score (nSPS) is 42.6. The van der Waals surface area contributed by atoms with Crippen LogP contribution in [0.5, 0.6) is 0 Å². The fourth-order valence-electron chi connectivity index (χ4n) is 7.09. The lowest BCUT2D eigenvalue weighted by Crippen LogP contribution is -2.62. The van der Waals surface area contributed by atoms with Crippen molar-refractivity contribution in [2.75, 3.05) is 94.5 Å². The van der Waals surface area contributed by atoms with Crippen molar-refractivity contribution >= 4 is 0 Å². The van der Waals surface area contributed by atoms with Crippen molar-refractivity contribution < 1.29 is 78.4 Å². The van der Waals surface area contributed by atoms with E-state index >= 15 is 0 Å². The number of methoxy groups -OCH3 is 4. The molecule has 7 unspecified atom stereocenters. The van der Waals surface area contributed by atoms with Gasteiger partial charge in [-0.1, -0.05) is 0 Å². The van der Waals surface area contributed by atoms with E-state index in [-0.39, 0.29) is 46.2 Å². The maximum atomic E-state index is 10.7. The largest absolute Gasteiger partial charge is 0.396 e. The molecular weight excluding hydrogens is 604 g/mol. The first kappa shape index (κ1) is 38.8. The first-order valence-corrected chi connectivity index (χ1v) is 15.4. The molecule has 7 N–H and O–H groups in total. The van der Waals surface area contributed by atoms with Crippen molar-refractivity contribution in [3.05, 3.63) is 0 Å². The average Bonchev–Trinajstić information content (AvgIpc) is 3.05. The molecule has 3 rings (SSSR count). The molecule has 0 amide bonds. The third kappa shape index (κ3) is 8.70. The summed E-state index contributed by atoms with van der Waals surface area (Å²) >= 11 is 0. The maximum absolute atomic E-state index is 10.7. The molecule has 0 aromatic heterocycles. The van der Waals surface area contributed by atoms with Crippen LogP contribution < -0.4 is 0 Å². The summed E-state index contributed by atoms with van der Waals surface area (Å²) in [6.07, 6.45) is -7.14.